The highest BCUT2D eigenvalue weighted by atomic mass is 127. The van der Waals surface area contributed by atoms with Crippen LogP contribution in [-0.2, 0) is 11.3 Å². The summed E-state index contributed by atoms with van der Waals surface area (Å²) in [7, 11) is 3.06. The summed E-state index contributed by atoms with van der Waals surface area (Å²) >= 11 is 2.10. The van der Waals surface area contributed by atoms with E-state index in [0.29, 0.717) is 17.1 Å². The molecule has 3 amide bonds. The first kappa shape index (κ1) is 19.2. The summed E-state index contributed by atoms with van der Waals surface area (Å²) in [5.74, 6) is 0.109. The van der Waals surface area contributed by atoms with Gasteiger partial charge < -0.3 is 14.8 Å². The molecule has 0 radical (unpaired) electrons. The third-order valence-electron chi connectivity index (χ3n) is 4.02. The van der Waals surface area contributed by atoms with Gasteiger partial charge in [0.2, 0.25) is 0 Å². The zero-order valence-electron chi connectivity index (χ0n) is 14.6. The molecule has 1 fully saturated rings. The lowest BCUT2D eigenvalue weighted by Crippen LogP contribution is -2.30. The van der Waals surface area contributed by atoms with Gasteiger partial charge in [0.25, 0.3) is 5.91 Å². The fourth-order valence-electron chi connectivity index (χ4n) is 2.70. The minimum Gasteiger partial charge on any atom is -0.493 e. The summed E-state index contributed by atoms with van der Waals surface area (Å²) in [4.78, 5) is 25.7. The van der Waals surface area contributed by atoms with Crippen LogP contribution in [0.3, 0.4) is 0 Å². The Kier molecular flexibility index (Phi) is 5.64. The number of nitrogens with one attached hydrogen (secondary N) is 1. The summed E-state index contributed by atoms with van der Waals surface area (Å²) in [6, 6.07) is 8.93. The van der Waals surface area contributed by atoms with E-state index in [-0.39, 0.29) is 17.8 Å². The lowest BCUT2D eigenvalue weighted by atomic mass is 10.1. The molecule has 140 valence electrons. The first-order valence-electron chi connectivity index (χ1n) is 7.94. The van der Waals surface area contributed by atoms with Gasteiger partial charge in [-0.15, -0.1) is 0 Å². The van der Waals surface area contributed by atoms with Crippen LogP contribution < -0.4 is 14.8 Å². The van der Waals surface area contributed by atoms with E-state index in [1.54, 1.807) is 37.5 Å². The number of methoxy groups -OCH3 is 2. The maximum absolute atomic E-state index is 13.8. The van der Waals surface area contributed by atoms with Crippen LogP contribution in [0.2, 0.25) is 0 Å². The third-order valence-corrected chi connectivity index (χ3v) is 4.82. The van der Waals surface area contributed by atoms with Crippen LogP contribution in [0.5, 0.6) is 11.5 Å². The zero-order valence-corrected chi connectivity index (χ0v) is 16.7. The SMILES string of the molecule is COc1cc(/C=C2\NC(=O)N(Cc3ccccc3F)C2=O)cc(I)c1OC. The lowest BCUT2D eigenvalue weighted by Gasteiger charge is -2.12. The molecule has 1 heterocycles. The molecule has 0 spiro atoms. The molecular weight excluding hydrogens is 466 g/mol. The molecule has 6 nitrogen and oxygen atoms in total. The largest absolute Gasteiger partial charge is 0.493 e. The average Bonchev–Trinajstić information content (AvgIpc) is 2.90. The van der Waals surface area contributed by atoms with Crippen molar-refractivity contribution >= 4 is 40.6 Å². The minimum atomic E-state index is -0.593. The summed E-state index contributed by atoms with van der Waals surface area (Å²) < 4.78 is 25.2. The van der Waals surface area contributed by atoms with Gasteiger partial charge in [-0.3, -0.25) is 9.69 Å². The standard InChI is InChI=1S/C19H16FIN2O4/c1-26-16-9-11(7-14(21)17(16)27-2)8-15-18(24)23(19(25)22-15)10-12-5-3-4-6-13(12)20/h3-9H,10H2,1-2H3,(H,22,25)/b15-8-. The Morgan fingerprint density at radius 2 is 1.93 bits per heavy atom. The number of halogens is 2. The number of imide groups is 1. The van der Waals surface area contributed by atoms with E-state index >= 15 is 0 Å². The van der Waals surface area contributed by atoms with E-state index in [9.17, 15) is 14.0 Å². The minimum absolute atomic E-state index is 0.111. The molecule has 2 aromatic rings. The molecule has 3 rings (SSSR count). The number of benzene rings is 2. The monoisotopic (exact) mass is 482 g/mol. The third kappa shape index (κ3) is 3.90. The molecule has 0 atom stereocenters. The summed E-state index contributed by atoms with van der Waals surface area (Å²) in [6.07, 6.45) is 1.55. The van der Waals surface area contributed by atoms with Gasteiger partial charge in [-0.25, -0.2) is 9.18 Å². The van der Waals surface area contributed by atoms with Gasteiger partial charge in [0.05, 0.1) is 24.3 Å². The summed E-state index contributed by atoms with van der Waals surface area (Å²) in [5, 5.41) is 2.53. The number of urea groups is 1. The van der Waals surface area contributed by atoms with Crippen LogP contribution in [0.15, 0.2) is 42.1 Å². The van der Waals surface area contributed by atoms with Gasteiger partial charge in [0.15, 0.2) is 11.5 Å². The molecule has 8 heteroatoms. The second-order valence-corrected chi connectivity index (χ2v) is 6.87. The van der Waals surface area contributed by atoms with E-state index < -0.39 is 17.8 Å². The highest BCUT2D eigenvalue weighted by Crippen LogP contribution is 2.34. The van der Waals surface area contributed by atoms with Crippen molar-refractivity contribution < 1.29 is 23.5 Å². The number of carbonyl (C=O) groups excluding carboxylic acids is 2. The lowest BCUT2D eigenvalue weighted by molar-refractivity contribution is -0.123. The summed E-state index contributed by atoms with van der Waals surface area (Å²) in [6.45, 7) is -0.141. The van der Waals surface area contributed by atoms with Crippen LogP contribution in [0.25, 0.3) is 6.08 Å². The van der Waals surface area contributed by atoms with Gasteiger partial charge in [-0.1, -0.05) is 18.2 Å². The van der Waals surface area contributed by atoms with Crippen molar-refractivity contribution in [1.29, 1.82) is 0 Å². The normalized spacial score (nSPS) is 15.3. The highest BCUT2D eigenvalue weighted by molar-refractivity contribution is 14.1. The van der Waals surface area contributed by atoms with Gasteiger partial charge in [-0.05, 0) is 52.4 Å². The van der Waals surface area contributed by atoms with Crippen LogP contribution in [-0.4, -0.2) is 31.1 Å². The van der Waals surface area contributed by atoms with E-state index in [4.69, 9.17) is 9.47 Å². The Morgan fingerprint density at radius 1 is 1.19 bits per heavy atom. The smallest absolute Gasteiger partial charge is 0.329 e. The number of rotatable bonds is 5. The highest BCUT2D eigenvalue weighted by Gasteiger charge is 2.34. The number of amides is 3. The molecule has 0 unspecified atom stereocenters. The molecule has 0 bridgehead atoms. The molecule has 1 saturated heterocycles. The first-order valence-corrected chi connectivity index (χ1v) is 9.02. The first-order chi connectivity index (χ1) is 12.9. The molecule has 1 aliphatic rings. The molecular formula is C19H16FIN2O4. The van der Waals surface area contributed by atoms with Crippen LogP contribution in [0.1, 0.15) is 11.1 Å². The fraction of sp³-hybridized carbons (Fsp3) is 0.158. The van der Waals surface area contributed by atoms with Crippen molar-refractivity contribution in [1.82, 2.24) is 10.2 Å². The van der Waals surface area contributed by atoms with Gasteiger partial charge >= 0.3 is 6.03 Å². The van der Waals surface area contributed by atoms with Crippen molar-refractivity contribution in [2.75, 3.05) is 14.2 Å². The number of hydrogen-bond donors (Lipinski definition) is 1. The van der Waals surface area contributed by atoms with Crippen molar-refractivity contribution in [3.05, 3.63) is 62.6 Å². The van der Waals surface area contributed by atoms with Crippen LogP contribution >= 0.6 is 22.6 Å². The van der Waals surface area contributed by atoms with Crippen molar-refractivity contribution in [2.24, 2.45) is 0 Å². The van der Waals surface area contributed by atoms with Gasteiger partial charge in [0, 0.05) is 5.56 Å². The number of hydrogen-bond acceptors (Lipinski definition) is 4. The Bertz CT molecular complexity index is 945. The molecule has 0 aromatic heterocycles. The molecule has 2 aromatic carbocycles. The van der Waals surface area contributed by atoms with Gasteiger partial charge in [-0.2, -0.15) is 0 Å². The Morgan fingerprint density at radius 3 is 2.59 bits per heavy atom. The topological polar surface area (TPSA) is 67.9 Å². The maximum Gasteiger partial charge on any atom is 0.329 e. The Balaban J connectivity index is 1.88. The average molecular weight is 482 g/mol. The predicted octanol–water partition coefficient (Wildman–Crippen LogP) is 3.54. The van der Waals surface area contributed by atoms with Crippen molar-refractivity contribution in [2.45, 2.75) is 6.54 Å². The number of carbonyl (C=O) groups is 2. The number of nitrogens with zero attached hydrogens (tertiary/aromatic N) is 1. The molecule has 1 aliphatic heterocycles. The maximum atomic E-state index is 13.8. The fourth-order valence-corrected chi connectivity index (χ4v) is 3.55. The molecule has 0 aliphatic carbocycles. The molecule has 0 saturated carbocycles. The van der Waals surface area contributed by atoms with Crippen LogP contribution in [0.4, 0.5) is 9.18 Å². The molecule has 27 heavy (non-hydrogen) atoms. The van der Waals surface area contributed by atoms with E-state index in [2.05, 4.69) is 27.9 Å². The zero-order chi connectivity index (χ0) is 19.6. The van der Waals surface area contributed by atoms with Gasteiger partial charge in [0.1, 0.15) is 11.5 Å². The van der Waals surface area contributed by atoms with Crippen molar-refractivity contribution in [3.8, 4) is 11.5 Å². The Hall–Kier alpha value is -2.62. The predicted molar refractivity (Wildman–Crippen MR) is 106 cm³/mol. The quantitative estimate of drug-likeness (QED) is 0.403. The Labute approximate surface area is 169 Å². The van der Waals surface area contributed by atoms with E-state index in [1.807, 2.05) is 0 Å². The van der Waals surface area contributed by atoms with E-state index in [0.717, 1.165) is 8.47 Å². The second-order valence-electron chi connectivity index (χ2n) is 5.71. The molecule has 1 N–H and O–H groups in total. The van der Waals surface area contributed by atoms with Crippen molar-refractivity contribution in [3.63, 3.8) is 0 Å². The number of ether oxygens (including phenoxy) is 2. The second kappa shape index (κ2) is 7.95. The summed E-state index contributed by atoms with van der Waals surface area (Å²) in [5.41, 5.74) is 1.04. The van der Waals surface area contributed by atoms with Crippen LogP contribution in [0, 0.1) is 9.39 Å². The van der Waals surface area contributed by atoms with E-state index in [1.165, 1.54) is 19.2 Å².